The highest BCUT2D eigenvalue weighted by Gasteiger charge is 2.02. The van der Waals surface area contributed by atoms with Gasteiger partial charge in [-0.3, -0.25) is 0 Å². The number of aliphatic hydroxyl groups is 4. The van der Waals surface area contributed by atoms with Crippen molar-refractivity contribution in [2.75, 3.05) is 13.2 Å². The lowest BCUT2D eigenvalue weighted by atomic mass is 10.1. The van der Waals surface area contributed by atoms with Crippen molar-refractivity contribution in [2.24, 2.45) is 0 Å². The van der Waals surface area contributed by atoms with Gasteiger partial charge in [-0.05, 0) is 58.7 Å². The average molecular weight is 360 g/mol. The van der Waals surface area contributed by atoms with Crippen molar-refractivity contribution >= 4 is 0 Å². The molecule has 2 aromatic carbocycles. The molecule has 2 rings (SSSR count). The van der Waals surface area contributed by atoms with Gasteiger partial charge in [0.05, 0.1) is 26.4 Å². The molecule has 0 aliphatic carbocycles. The van der Waals surface area contributed by atoms with E-state index in [0.717, 1.165) is 0 Å². The third-order valence-electron chi connectivity index (χ3n) is 3.64. The third-order valence-corrected chi connectivity index (χ3v) is 3.64. The molecule has 140 valence electrons. The summed E-state index contributed by atoms with van der Waals surface area (Å²) in [7, 11) is 0. The fourth-order valence-corrected chi connectivity index (χ4v) is 2.41. The molecule has 6 nitrogen and oxygen atoms in total. The summed E-state index contributed by atoms with van der Waals surface area (Å²) in [6, 6.07) is 10.3. The largest absolute Gasteiger partial charge is 0.490 e. The zero-order valence-electron chi connectivity index (χ0n) is 14.5. The SMILES string of the molecule is OCc1cc(CO)cc(OC/C=C\COc2cc(CO)cc(CO)c2)c1. The van der Waals surface area contributed by atoms with E-state index in [2.05, 4.69) is 0 Å². The Morgan fingerprint density at radius 1 is 0.538 bits per heavy atom. The van der Waals surface area contributed by atoms with Gasteiger partial charge in [-0.1, -0.05) is 12.1 Å². The van der Waals surface area contributed by atoms with Gasteiger partial charge in [0.2, 0.25) is 0 Å². The van der Waals surface area contributed by atoms with Crippen LogP contribution in [0.15, 0.2) is 48.6 Å². The fraction of sp³-hybridized carbons (Fsp3) is 0.300. The van der Waals surface area contributed by atoms with Crippen molar-refractivity contribution in [3.8, 4) is 11.5 Å². The van der Waals surface area contributed by atoms with E-state index >= 15 is 0 Å². The summed E-state index contributed by atoms with van der Waals surface area (Å²) in [5.74, 6) is 1.16. The predicted octanol–water partition coefficient (Wildman–Crippen LogP) is 1.67. The van der Waals surface area contributed by atoms with Gasteiger partial charge >= 0.3 is 0 Å². The minimum absolute atomic E-state index is 0.114. The Hall–Kier alpha value is -2.38. The zero-order valence-corrected chi connectivity index (χ0v) is 14.5. The number of hydrogen-bond donors (Lipinski definition) is 4. The van der Waals surface area contributed by atoms with Crippen LogP contribution in [0.5, 0.6) is 11.5 Å². The summed E-state index contributed by atoms with van der Waals surface area (Å²) in [4.78, 5) is 0. The highest BCUT2D eigenvalue weighted by atomic mass is 16.5. The quantitative estimate of drug-likeness (QED) is 0.481. The van der Waals surface area contributed by atoms with Crippen LogP contribution in [0.2, 0.25) is 0 Å². The van der Waals surface area contributed by atoms with Gasteiger partial charge in [-0.2, -0.15) is 0 Å². The Balaban J connectivity index is 1.83. The van der Waals surface area contributed by atoms with Crippen LogP contribution in [-0.4, -0.2) is 33.6 Å². The first-order valence-electron chi connectivity index (χ1n) is 8.28. The van der Waals surface area contributed by atoms with Crippen LogP contribution < -0.4 is 9.47 Å². The highest BCUT2D eigenvalue weighted by Crippen LogP contribution is 2.19. The van der Waals surface area contributed by atoms with Gasteiger partial charge in [0.15, 0.2) is 0 Å². The van der Waals surface area contributed by atoms with Crippen molar-refractivity contribution in [1.82, 2.24) is 0 Å². The second-order valence-corrected chi connectivity index (χ2v) is 5.70. The molecule has 0 bridgehead atoms. The van der Waals surface area contributed by atoms with Crippen molar-refractivity contribution in [3.05, 3.63) is 70.8 Å². The predicted molar refractivity (Wildman–Crippen MR) is 96.7 cm³/mol. The topological polar surface area (TPSA) is 99.4 Å². The van der Waals surface area contributed by atoms with Gasteiger partial charge in [-0.15, -0.1) is 0 Å². The Morgan fingerprint density at radius 2 is 0.846 bits per heavy atom. The molecule has 0 aliphatic heterocycles. The first-order valence-corrected chi connectivity index (χ1v) is 8.28. The van der Waals surface area contributed by atoms with Crippen LogP contribution in [-0.2, 0) is 26.4 Å². The third kappa shape index (κ3) is 6.16. The number of rotatable bonds is 10. The average Bonchev–Trinajstić information content (AvgIpc) is 2.69. The van der Waals surface area contributed by atoms with Crippen LogP contribution >= 0.6 is 0 Å². The molecule has 0 spiro atoms. The van der Waals surface area contributed by atoms with Gasteiger partial charge in [-0.25, -0.2) is 0 Å². The maximum absolute atomic E-state index is 9.21. The molecule has 0 aliphatic rings. The van der Waals surface area contributed by atoms with E-state index in [1.54, 1.807) is 48.6 Å². The van der Waals surface area contributed by atoms with Crippen molar-refractivity contribution in [2.45, 2.75) is 26.4 Å². The van der Waals surface area contributed by atoms with E-state index in [4.69, 9.17) is 9.47 Å². The second kappa shape index (κ2) is 10.6. The van der Waals surface area contributed by atoms with E-state index in [-0.39, 0.29) is 26.4 Å². The first kappa shape index (κ1) is 19.9. The smallest absolute Gasteiger partial charge is 0.120 e. The molecule has 0 saturated heterocycles. The summed E-state index contributed by atoms with van der Waals surface area (Å²) in [6.45, 7) is 0.184. The Bertz CT molecular complexity index is 620. The van der Waals surface area contributed by atoms with Gasteiger partial charge in [0.25, 0.3) is 0 Å². The zero-order chi connectivity index (χ0) is 18.8. The monoisotopic (exact) mass is 360 g/mol. The van der Waals surface area contributed by atoms with Gasteiger partial charge < -0.3 is 29.9 Å². The van der Waals surface area contributed by atoms with E-state index in [1.807, 2.05) is 0 Å². The minimum atomic E-state index is -0.114. The molecule has 0 saturated carbocycles. The number of hydrogen-bond acceptors (Lipinski definition) is 6. The molecule has 6 heteroatoms. The summed E-state index contributed by atoms with van der Waals surface area (Å²) in [5, 5.41) is 36.8. The Labute approximate surface area is 152 Å². The van der Waals surface area contributed by atoms with Crippen molar-refractivity contribution in [3.63, 3.8) is 0 Å². The van der Waals surface area contributed by atoms with E-state index < -0.39 is 0 Å². The maximum Gasteiger partial charge on any atom is 0.120 e. The lowest BCUT2D eigenvalue weighted by molar-refractivity contribution is 0.272. The maximum atomic E-state index is 9.21. The van der Waals surface area contributed by atoms with E-state index in [1.165, 1.54) is 0 Å². The summed E-state index contributed by atoms with van der Waals surface area (Å²) < 4.78 is 11.2. The van der Waals surface area contributed by atoms with E-state index in [9.17, 15) is 20.4 Å². The molecule has 26 heavy (non-hydrogen) atoms. The van der Waals surface area contributed by atoms with Crippen LogP contribution in [0.4, 0.5) is 0 Å². The van der Waals surface area contributed by atoms with Gasteiger partial charge in [0, 0.05) is 0 Å². The molecule has 0 fully saturated rings. The number of ether oxygens (including phenoxy) is 2. The second-order valence-electron chi connectivity index (χ2n) is 5.70. The van der Waals surface area contributed by atoms with Gasteiger partial charge in [0.1, 0.15) is 24.7 Å². The molecule has 0 unspecified atom stereocenters. The lowest BCUT2D eigenvalue weighted by Gasteiger charge is -2.09. The van der Waals surface area contributed by atoms with Crippen LogP contribution in [0.25, 0.3) is 0 Å². The molecular formula is C20H24O6. The Morgan fingerprint density at radius 3 is 1.12 bits per heavy atom. The molecule has 0 radical (unpaired) electrons. The van der Waals surface area contributed by atoms with Crippen molar-refractivity contribution < 1.29 is 29.9 Å². The number of aliphatic hydroxyl groups excluding tert-OH is 4. The Kier molecular flexibility index (Phi) is 8.11. The van der Waals surface area contributed by atoms with Crippen molar-refractivity contribution in [1.29, 1.82) is 0 Å². The van der Waals surface area contributed by atoms with Crippen LogP contribution in [0, 0.1) is 0 Å². The minimum Gasteiger partial charge on any atom is -0.490 e. The first-order chi connectivity index (χ1) is 12.7. The molecule has 0 amide bonds. The lowest BCUT2D eigenvalue weighted by Crippen LogP contribution is -1.99. The van der Waals surface area contributed by atoms with E-state index in [0.29, 0.717) is 47.0 Å². The number of benzene rings is 2. The normalized spacial score (nSPS) is 11.1. The summed E-state index contributed by atoms with van der Waals surface area (Å²) in [5.41, 5.74) is 2.73. The molecular weight excluding hydrogens is 336 g/mol. The fourth-order valence-electron chi connectivity index (χ4n) is 2.41. The summed E-state index contributed by atoms with van der Waals surface area (Å²) in [6.07, 6.45) is 3.60. The highest BCUT2D eigenvalue weighted by molar-refractivity contribution is 5.35. The molecule has 4 N–H and O–H groups in total. The van der Waals surface area contributed by atoms with Crippen LogP contribution in [0.3, 0.4) is 0 Å². The molecule has 0 aromatic heterocycles. The standard InChI is InChI=1S/C20H24O6/c21-11-15-5-16(12-22)8-19(7-15)25-3-1-2-4-26-20-9-17(13-23)6-18(10-20)14-24/h1-2,5-10,21-24H,3-4,11-14H2/b2-1-. The van der Waals surface area contributed by atoms with Crippen LogP contribution in [0.1, 0.15) is 22.3 Å². The molecule has 2 aromatic rings. The molecule has 0 atom stereocenters. The summed E-state index contributed by atoms with van der Waals surface area (Å²) >= 11 is 0. The molecule has 0 heterocycles.